The summed E-state index contributed by atoms with van der Waals surface area (Å²) in [5, 5.41) is 12.0. The van der Waals surface area contributed by atoms with Gasteiger partial charge in [0.05, 0.1) is 6.04 Å². The highest BCUT2D eigenvalue weighted by Gasteiger charge is 2.19. The van der Waals surface area contributed by atoms with Gasteiger partial charge in [-0.2, -0.15) is 5.10 Å². The number of H-pyrrole nitrogens is 1. The van der Waals surface area contributed by atoms with Gasteiger partial charge in [0.2, 0.25) is 0 Å². The molecule has 0 aliphatic heterocycles. The Morgan fingerprint density at radius 1 is 1.65 bits per heavy atom. The molecule has 2 aromatic rings. The van der Waals surface area contributed by atoms with Crippen LogP contribution in [-0.2, 0) is 0 Å². The Bertz CT molecular complexity index is 499. The minimum Gasteiger partial charge on any atom is -0.382 e. The summed E-state index contributed by atoms with van der Waals surface area (Å²) in [4.78, 5) is 16.1. The molecule has 2 aromatic heterocycles. The smallest absolute Gasteiger partial charge is 0.257 e. The molecule has 0 saturated heterocycles. The highest BCUT2D eigenvalue weighted by Crippen LogP contribution is 2.17. The van der Waals surface area contributed by atoms with Gasteiger partial charge < -0.3 is 11.1 Å². The van der Waals surface area contributed by atoms with Crippen LogP contribution >= 0.6 is 11.3 Å². The molecule has 2 heterocycles. The van der Waals surface area contributed by atoms with Crippen LogP contribution in [0.2, 0.25) is 0 Å². The number of nitrogens with zero attached hydrogens (tertiary/aromatic N) is 2. The van der Waals surface area contributed by atoms with E-state index in [1.165, 1.54) is 11.3 Å². The fourth-order valence-corrected chi connectivity index (χ4v) is 2.16. The second kappa shape index (κ2) is 4.54. The molecule has 7 heteroatoms. The van der Waals surface area contributed by atoms with Gasteiger partial charge in [-0.15, -0.1) is 11.3 Å². The van der Waals surface area contributed by atoms with Gasteiger partial charge in [-0.1, -0.05) is 0 Å². The Morgan fingerprint density at radius 3 is 2.94 bits per heavy atom. The summed E-state index contributed by atoms with van der Waals surface area (Å²) < 4.78 is 0. The van der Waals surface area contributed by atoms with Crippen LogP contribution in [0.25, 0.3) is 0 Å². The van der Waals surface area contributed by atoms with E-state index in [9.17, 15) is 4.79 Å². The SMILES string of the molecule is Cc1[nH]nc(N)c1C(=O)NC(C)c1nccs1. The maximum Gasteiger partial charge on any atom is 0.257 e. The number of amides is 1. The van der Waals surface area contributed by atoms with Gasteiger partial charge in [-0.05, 0) is 13.8 Å². The number of rotatable bonds is 3. The Morgan fingerprint density at radius 2 is 2.41 bits per heavy atom. The molecule has 0 aromatic carbocycles. The first kappa shape index (κ1) is 11.6. The molecule has 0 bridgehead atoms. The molecule has 0 aliphatic rings. The Labute approximate surface area is 102 Å². The van der Waals surface area contributed by atoms with E-state index in [0.29, 0.717) is 11.3 Å². The van der Waals surface area contributed by atoms with Crippen molar-refractivity contribution in [3.8, 4) is 0 Å². The largest absolute Gasteiger partial charge is 0.382 e. The summed E-state index contributed by atoms with van der Waals surface area (Å²) in [6, 6.07) is -0.142. The fraction of sp³-hybridized carbons (Fsp3) is 0.300. The van der Waals surface area contributed by atoms with Gasteiger partial charge in [-0.3, -0.25) is 9.89 Å². The van der Waals surface area contributed by atoms with Crippen LogP contribution in [0.4, 0.5) is 5.82 Å². The molecule has 6 nitrogen and oxygen atoms in total. The van der Waals surface area contributed by atoms with E-state index in [1.807, 2.05) is 12.3 Å². The summed E-state index contributed by atoms with van der Waals surface area (Å²) >= 11 is 1.50. The number of nitrogens with two attached hydrogens (primary N) is 1. The van der Waals surface area contributed by atoms with Gasteiger partial charge in [-0.25, -0.2) is 4.98 Å². The first-order chi connectivity index (χ1) is 8.09. The quantitative estimate of drug-likeness (QED) is 0.764. The summed E-state index contributed by atoms with van der Waals surface area (Å²) in [5.41, 5.74) is 6.68. The van der Waals surface area contributed by atoms with Crippen molar-refractivity contribution in [1.82, 2.24) is 20.5 Å². The summed E-state index contributed by atoms with van der Waals surface area (Å²) in [6.07, 6.45) is 1.71. The first-order valence-electron chi connectivity index (χ1n) is 5.10. The van der Waals surface area contributed by atoms with E-state index in [0.717, 1.165) is 5.01 Å². The zero-order valence-electron chi connectivity index (χ0n) is 9.52. The first-order valence-corrected chi connectivity index (χ1v) is 5.98. The molecular formula is C10H13N5OS. The standard InChI is InChI=1S/C10H13N5OS/c1-5-7(8(11)15-14-5)9(16)13-6(2)10-12-3-4-17-10/h3-4,6H,1-2H3,(H,13,16)(H3,11,14,15). The molecular weight excluding hydrogens is 238 g/mol. The van der Waals surface area contributed by atoms with Crippen LogP contribution in [0.3, 0.4) is 0 Å². The third-order valence-electron chi connectivity index (χ3n) is 2.37. The minimum atomic E-state index is -0.239. The molecule has 0 fully saturated rings. The van der Waals surface area contributed by atoms with Gasteiger partial charge in [0.1, 0.15) is 10.6 Å². The number of aromatic amines is 1. The number of nitrogen functional groups attached to an aromatic ring is 1. The number of nitrogens with one attached hydrogen (secondary N) is 2. The highest BCUT2D eigenvalue weighted by molar-refractivity contribution is 7.09. The van der Waals surface area contributed by atoms with Gasteiger partial charge in [0.25, 0.3) is 5.91 Å². The van der Waals surface area contributed by atoms with Gasteiger partial charge in [0.15, 0.2) is 5.82 Å². The lowest BCUT2D eigenvalue weighted by Crippen LogP contribution is -2.27. The number of thiazole rings is 1. The molecule has 1 amide bonds. The maximum atomic E-state index is 12.0. The lowest BCUT2D eigenvalue weighted by molar-refractivity contribution is 0.0940. The highest BCUT2D eigenvalue weighted by atomic mass is 32.1. The predicted octanol–water partition coefficient (Wildman–Crippen LogP) is 1.25. The third kappa shape index (κ3) is 2.28. The molecule has 17 heavy (non-hydrogen) atoms. The topological polar surface area (TPSA) is 96.7 Å². The second-order valence-corrected chi connectivity index (χ2v) is 4.60. The lowest BCUT2D eigenvalue weighted by atomic mass is 10.2. The number of hydrogen-bond donors (Lipinski definition) is 3. The normalized spacial score (nSPS) is 12.4. The van der Waals surface area contributed by atoms with Crippen LogP contribution in [0.5, 0.6) is 0 Å². The molecule has 1 unspecified atom stereocenters. The molecule has 90 valence electrons. The third-order valence-corrected chi connectivity index (χ3v) is 3.33. The average molecular weight is 251 g/mol. The minimum absolute atomic E-state index is 0.142. The zero-order valence-corrected chi connectivity index (χ0v) is 10.3. The van der Waals surface area contributed by atoms with E-state index in [4.69, 9.17) is 5.73 Å². The molecule has 0 saturated carbocycles. The Kier molecular flexibility index (Phi) is 3.10. The van der Waals surface area contributed by atoms with E-state index < -0.39 is 0 Å². The van der Waals surface area contributed by atoms with Crippen LogP contribution < -0.4 is 11.1 Å². The second-order valence-electron chi connectivity index (χ2n) is 3.67. The van der Waals surface area contributed by atoms with E-state index in [2.05, 4.69) is 20.5 Å². The lowest BCUT2D eigenvalue weighted by Gasteiger charge is -2.10. The monoisotopic (exact) mass is 251 g/mol. The molecule has 0 radical (unpaired) electrons. The molecule has 1 atom stereocenters. The van der Waals surface area contributed by atoms with Crippen molar-refractivity contribution < 1.29 is 4.79 Å². The van der Waals surface area contributed by atoms with E-state index >= 15 is 0 Å². The number of aromatic nitrogens is 3. The fourth-order valence-electron chi connectivity index (χ4n) is 1.51. The van der Waals surface area contributed by atoms with Crippen molar-refractivity contribution >= 4 is 23.1 Å². The Balaban J connectivity index is 2.12. The van der Waals surface area contributed by atoms with Crippen molar-refractivity contribution in [2.45, 2.75) is 19.9 Å². The molecule has 2 rings (SSSR count). The molecule has 0 aliphatic carbocycles. The van der Waals surface area contributed by atoms with Gasteiger partial charge in [0, 0.05) is 17.3 Å². The van der Waals surface area contributed by atoms with E-state index in [1.54, 1.807) is 13.1 Å². The van der Waals surface area contributed by atoms with Crippen molar-refractivity contribution in [3.63, 3.8) is 0 Å². The maximum absolute atomic E-state index is 12.0. The average Bonchev–Trinajstić information content (AvgIpc) is 2.88. The zero-order chi connectivity index (χ0) is 12.4. The molecule has 0 spiro atoms. The van der Waals surface area contributed by atoms with Crippen LogP contribution in [0.15, 0.2) is 11.6 Å². The van der Waals surface area contributed by atoms with Crippen LogP contribution in [0.1, 0.15) is 34.0 Å². The van der Waals surface area contributed by atoms with Crippen LogP contribution in [0, 0.1) is 6.92 Å². The summed E-state index contributed by atoms with van der Waals surface area (Å²) in [5.74, 6) is -0.0252. The van der Waals surface area contributed by atoms with Crippen molar-refractivity contribution in [1.29, 1.82) is 0 Å². The number of aryl methyl sites for hydroxylation is 1. The van der Waals surface area contributed by atoms with Crippen molar-refractivity contribution in [3.05, 3.63) is 27.8 Å². The summed E-state index contributed by atoms with van der Waals surface area (Å²) in [6.45, 7) is 3.63. The molecule has 4 N–H and O–H groups in total. The van der Waals surface area contributed by atoms with Crippen LogP contribution in [-0.4, -0.2) is 21.1 Å². The van der Waals surface area contributed by atoms with E-state index in [-0.39, 0.29) is 17.8 Å². The Hall–Kier alpha value is -1.89. The predicted molar refractivity (Wildman–Crippen MR) is 65.7 cm³/mol. The number of carbonyl (C=O) groups excluding carboxylic acids is 1. The van der Waals surface area contributed by atoms with Crippen molar-refractivity contribution in [2.24, 2.45) is 0 Å². The number of anilines is 1. The van der Waals surface area contributed by atoms with Crippen molar-refractivity contribution in [2.75, 3.05) is 5.73 Å². The summed E-state index contributed by atoms with van der Waals surface area (Å²) in [7, 11) is 0. The number of carbonyl (C=O) groups is 1. The number of hydrogen-bond acceptors (Lipinski definition) is 5. The van der Waals surface area contributed by atoms with Gasteiger partial charge >= 0.3 is 0 Å².